The Bertz CT molecular complexity index is 576. The van der Waals surface area contributed by atoms with E-state index in [2.05, 4.69) is 4.98 Å². The first-order chi connectivity index (χ1) is 9.79. The maximum absolute atomic E-state index is 11.7. The molecular formula is C17H17NO2. The van der Waals surface area contributed by atoms with Crippen LogP contribution in [-0.4, -0.2) is 17.6 Å². The van der Waals surface area contributed by atoms with Gasteiger partial charge in [-0.2, -0.15) is 0 Å². The lowest BCUT2D eigenvalue weighted by Gasteiger charge is -2.08. The van der Waals surface area contributed by atoms with E-state index < -0.39 is 0 Å². The first-order valence-electron chi connectivity index (χ1n) is 6.61. The van der Waals surface area contributed by atoms with E-state index in [4.69, 9.17) is 4.74 Å². The van der Waals surface area contributed by atoms with Crippen molar-refractivity contribution in [3.8, 4) is 0 Å². The third kappa shape index (κ3) is 4.05. The molecule has 0 atom stereocenters. The average Bonchev–Trinajstić information content (AvgIpc) is 2.49. The maximum atomic E-state index is 11.7. The van der Waals surface area contributed by atoms with Crippen LogP contribution in [0.5, 0.6) is 0 Å². The number of ether oxygens (including phenoxy) is 1. The molecule has 0 aliphatic heterocycles. The lowest BCUT2D eigenvalue weighted by atomic mass is 9.98. The fourth-order valence-corrected chi connectivity index (χ4v) is 1.94. The molecule has 0 aliphatic carbocycles. The van der Waals surface area contributed by atoms with Crippen molar-refractivity contribution < 1.29 is 9.53 Å². The highest BCUT2D eigenvalue weighted by Crippen LogP contribution is 2.19. The van der Waals surface area contributed by atoms with Gasteiger partial charge < -0.3 is 4.74 Å². The zero-order valence-electron chi connectivity index (χ0n) is 11.5. The van der Waals surface area contributed by atoms with Crippen molar-refractivity contribution in [1.29, 1.82) is 0 Å². The molecule has 0 bridgehead atoms. The van der Waals surface area contributed by atoms with Gasteiger partial charge in [0.25, 0.3) is 0 Å². The molecule has 0 N–H and O–H groups in total. The standard InChI is InChI=1S/C17H17NO2/c1-2-20-17(19)13-16(15-6-4-3-5-7-15)12-14-8-10-18-11-9-14/h3-11,13H,2,12H2,1H3. The number of allylic oxidation sites excluding steroid dienone is 1. The quantitative estimate of drug-likeness (QED) is 0.616. The lowest BCUT2D eigenvalue weighted by Crippen LogP contribution is -2.02. The Morgan fingerprint density at radius 3 is 2.50 bits per heavy atom. The summed E-state index contributed by atoms with van der Waals surface area (Å²) in [6, 6.07) is 13.8. The summed E-state index contributed by atoms with van der Waals surface area (Å²) in [6.45, 7) is 2.18. The highest BCUT2D eigenvalue weighted by Gasteiger charge is 2.06. The minimum Gasteiger partial charge on any atom is -0.463 e. The molecule has 0 amide bonds. The summed E-state index contributed by atoms with van der Waals surface area (Å²) < 4.78 is 5.00. The van der Waals surface area contributed by atoms with Crippen molar-refractivity contribution in [1.82, 2.24) is 4.98 Å². The number of rotatable bonds is 5. The van der Waals surface area contributed by atoms with Gasteiger partial charge in [-0.05, 0) is 42.2 Å². The summed E-state index contributed by atoms with van der Waals surface area (Å²) in [5.74, 6) is -0.305. The van der Waals surface area contributed by atoms with E-state index in [1.165, 1.54) is 0 Å². The molecule has 1 heterocycles. The predicted octanol–water partition coefficient (Wildman–Crippen LogP) is 3.27. The molecule has 0 fully saturated rings. The molecule has 2 rings (SSSR count). The van der Waals surface area contributed by atoms with Gasteiger partial charge in [0.2, 0.25) is 0 Å². The summed E-state index contributed by atoms with van der Waals surface area (Å²) in [4.78, 5) is 15.7. The van der Waals surface area contributed by atoms with Gasteiger partial charge in [0, 0.05) is 18.5 Å². The molecule has 2 aromatic rings. The average molecular weight is 267 g/mol. The van der Waals surface area contributed by atoms with Crippen molar-refractivity contribution in [2.75, 3.05) is 6.61 Å². The van der Waals surface area contributed by atoms with Gasteiger partial charge in [-0.1, -0.05) is 30.3 Å². The van der Waals surface area contributed by atoms with E-state index in [1.807, 2.05) is 42.5 Å². The molecule has 0 unspecified atom stereocenters. The van der Waals surface area contributed by atoms with Crippen molar-refractivity contribution >= 4 is 11.5 Å². The van der Waals surface area contributed by atoms with Gasteiger partial charge in [-0.15, -0.1) is 0 Å². The van der Waals surface area contributed by atoms with E-state index in [-0.39, 0.29) is 5.97 Å². The highest BCUT2D eigenvalue weighted by atomic mass is 16.5. The second kappa shape index (κ2) is 7.24. The molecule has 0 radical (unpaired) electrons. The molecular weight excluding hydrogens is 250 g/mol. The lowest BCUT2D eigenvalue weighted by molar-refractivity contribution is -0.137. The number of nitrogens with zero attached hydrogens (tertiary/aromatic N) is 1. The Balaban J connectivity index is 2.27. The van der Waals surface area contributed by atoms with Crippen LogP contribution < -0.4 is 0 Å². The number of pyridine rings is 1. The summed E-state index contributed by atoms with van der Waals surface area (Å²) in [5, 5.41) is 0. The zero-order chi connectivity index (χ0) is 14.2. The monoisotopic (exact) mass is 267 g/mol. The van der Waals surface area contributed by atoms with Crippen LogP contribution in [-0.2, 0) is 16.0 Å². The SMILES string of the molecule is CCOC(=O)C=C(Cc1ccncc1)c1ccccc1. The Morgan fingerprint density at radius 1 is 1.15 bits per heavy atom. The molecule has 102 valence electrons. The van der Waals surface area contributed by atoms with Crippen LogP contribution in [0.3, 0.4) is 0 Å². The summed E-state index contributed by atoms with van der Waals surface area (Å²) >= 11 is 0. The first kappa shape index (κ1) is 14.0. The molecule has 0 saturated heterocycles. The fraction of sp³-hybridized carbons (Fsp3) is 0.176. The van der Waals surface area contributed by atoms with Gasteiger partial charge in [0.05, 0.1) is 6.61 Å². The van der Waals surface area contributed by atoms with Gasteiger partial charge in [-0.3, -0.25) is 4.98 Å². The van der Waals surface area contributed by atoms with Crippen LogP contribution in [0, 0.1) is 0 Å². The predicted molar refractivity (Wildman–Crippen MR) is 79.0 cm³/mol. The second-order valence-electron chi connectivity index (χ2n) is 4.32. The Morgan fingerprint density at radius 2 is 1.85 bits per heavy atom. The molecule has 3 nitrogen and oxygen atoms in total. The van der Waals surface area contributed by atoms with E-state index >= 15 is 0 Å². The third-order valence-electron chi connectivity index (χ3n) is 2.87. The number of esters is 1. The second-order valence-corrected chi connectivity index (χ2v) is 4.32. The van der Waals surface area contributed by atoms with Crippen LogP contribution in [0.1, 0.15) is 18.1 Å². The van der Waals surface area contributed by atoms with Crippen molar-refractivity contribution in [2.45, 2.75) is 13.3 Å². The van der Waals surface area contributed by atoms with Gasteiger partial charge in [-0.25, -0.2) is 4.79 Å². The van der Waals surface area contributed by atoms with Crippen LogP contribution in [0.25, 0.3) is 5.57 Å². The topological polar surface area (TPSA) is 39.2 Å². The van der Waals surface area contributed by atoms with E-state index in [0.717, 1.165) is 16.7 Å². The fourth-order valence-electron chi connectivity index (χ4n) is 1.94. The van der Waals surface area contributed by atoms with Gasteiger partial charge >= 0.3 is 5.97 Å². The summed E-state index contributed by atoms with van der Waals surface area (Å²) in [7, 11) is 0. The molecule has 3 heteroatoms. The summed E-state index contributed by atoms with van der Waals surface area (Å²) in [6.07, 6.45) is 5.75. The minimum atomic E-state index is -0.305. The number of hydrogen-bond acceptors (Lipinski definition) is 3. The number of carbonyl (C=O) groups is 1. The van der Waals surface area contributed by atoms with Crippen LogP contribution in [0.2, 0.25) is 0 Å². The largest absolute Gasteiger partial charge is 0.463 e. The highest BCUT2D eigenvalue weighted by molar-refractivity contribution is 5.91. The number of benzene rings is 1. The normalized spacial score (nSPS) is 11.2. The minimum absolute atomic E-state index is 0.305. The summed E-state index contributed by atoms with van der Waals surface area (Å²) in [5.41, 5.74) is 3.08. The van der Waals surface area contributed by atoms with Crippen LogP contribution >= 0.6 is 0 Å². The van der Waals surface area contributed by atoms with E-state index in [0.29, 0.717) is 13.0 Å². The van der Waals surface area contributed by atoms with Crippen molar-refractivity contribution in [2.24, 2.45) is 0 Å². The zero-order valence-corrected chi connectivity index (χ0v) is 11.5. The van der Waals surface area contributed by atoms with Gasteiger partial charge in [0.15, 0.2) is 0 Å². The number of carbonyl (C=O) groups excluding carboxylic acids is 1. The van der Waals surface area contributed by atoms with E-state index in [1.54, 1.807) is 25.4 Å². The Hall–Kier alpha value is -2.42. The van der Waals surface area contributed by atoms with Crippen LogP contribution in [0.15, 0.2) is 60.9 Å². The molecule has 20 heavy (non-hydrogen) atoms. The Kier molecular flexibility index (Phi) is 5.07. The van der Waals surface area contributed by atoms with Crippen molar-refractivity contribution in [3.63, 3.8) is 0 Å². The third-order valence-corrected chi connectivity index (χ3v) is 2.87. The molecule has 0 aliphatic rings. The molecule has 1 aromatic heterocycles. The maximum Gasteiger partial charge on any atom is 0.331 e. The Labute approximate surface area is 118 Å². The number of aromatic nitrogens is 1. The smallest absolute Gasteiger partial charge is 0.331 e. The molecule has 1 aromatic carbocycles. The molecule has 0 saturated carbocycles. The number of hydrogen-bond donors (Lipinski definition) is 0. The van der Waals surface area contributed by atoms with Crippen LogP contribution in [0.4, 0.5) is 0 Å². The first-order valence-corrected chi connectivity index (χ1v) is 6.61. The molecule has 0 spiro atoms. The van der Waals surface area contributed by atoms with Crippen molar-refractivity contribution in [3.05, 3.63) is 72.1 Å². The van der Waals surface area contributed by atoms with E-state index in [9.17, 15) is 4.79 Å². The van der Waals surface area contributed by atoms with Gasteiger partial charge in [0.1, 0.15) is 0 Å².